The van der Waals surface area contributed by atoms with Crippen LogP contribution >= 0.6 is 0 Å². The Hall–Kier alpha value is -1.79. The molecule has 1 heterocycles. The van der Waals surface area contributed by atoms with Gasteiger partial charge in [0.05, 0.1) is 13.5 Å². The first-order valence-electron chi connectivity index (χ1n) is 7.22. The molecule has 1 aliphatic rings. The molecule has 0 spiro atoms. The first-order valence-corrected chi connectivity index (χ1v) is 7.22. The van der Waals surface area contributed by atoms with E-state index in [-0.39, 0.29) is 30.8 Å². The summed E-state index contributed by atoms with van der Waals surface area (Å²) in [6.45, 7) is 1.60. The van der Waals surface area contributed by atoms with Crippen LogP contribution < -0.4 is 0 Å². The Morgan fingerprint density at radius 3 is 2.67 bits per heavy atom. The SMILES string of the molecule is COC(=O)CCN(C)C(=O)N1CCCC(CCC(=O)O)C1. The monoisotopic (exact) mass is 300 g/mol. The highest BCUT2D eigenvalue weighted by atomic mass is 16.5. The van der Waals surface area contributed by atoms with E-state index >= 15 is 0 Å². The lowest BCUT2D eigenvalue weighted by atomic mass is 9.93. The summed E-state index contributed by atoms with van der Waals surface area (Å²) < 4.78 is 4.55. The number of carbonyl (C=O) groups excluding carboxylic acids is 2. The Morgan fingerprint density at radius 2 is 2.05 bits per heavy atom. The van der Waals surface area contributed by atoms with Gasteiger partial charge in [0.25, 0.3) is 0 Å². The molecule has 7 nitrogen and oxygen atoms in total. The van der Waals surface area contributed by atoms with Gasteiger partial charge < -0.3 is 19.6 Å². The fourth-order valence-corrected chi connectivity index (χ4v) is 2.50. The van der Waals surface area contributed by atoms with Crippen LogP contribution in [0.2, 0.25) is 0 Å². The van der Waals surface area contributed by atoms with Gasteiger partial charge in [-0.3, -0.25) is 9.59 Å². The Morgan fingerprint density at radius 1 is 1.33 bits per heavy atom. The van der Waals surface area contributed by atoms with Crippen LogP contribution in [-0.4, -0.2) is 66.7 Å². The Balaban J connectivity index is 2.41. The molecule has 0 aromatic heterocycles. The zero-order valence-electron chi connectivity index (χ0n) is 12.7. The molecule has 0 radical (unpaired) electrons. The van der Waals surface area contributed by atoms with Gasteiger partial charge in [0.2, 0.25) is 0 Å². The maximum atomic E-state index is 12.3. The highest BCUT2D eigenvalue weighted by Gasteiger charge is 2.26. The van der Waals surface area contributed by atoms with Gasteiger partial charge in [-0.15, -0.1) is 0 Å². The zero-order valence-corrected chi connectivity index (χ0v) is 12.7. The molecule has 7 heteroatoms. The molecule has 0 bridgehead atoms. The Labute approximate surface area is 124 Å². The number of urea groups is 1. The molecule has 120 valence electrons. The maximum absolute atomic E-state index is 12.3. The molecule has 1 unspecified atom stereocenters. The van der Waals surface area contributed by atoms with E-state index in [1.54, 1.807) is 11.9 Å². The Kier molecular flexibility index (Phi) is 6.98. The van der Waals surface area contributed by atoms with E-state index in [2.05, 4.69) is 4.74 Å². The second-order valence-electron chi connectivity index (χ2n) is 5.42. The average Bonchev–Trinajstić information content (AvgIpc) is 2.49. The van der Waals surface area contributed by atoms with Gasteiger partial charge in [0.1, 0.15) is 0 Å². The lowest BCUT2D eigenvalue weighted by molar-refractivity contribution is -0.141. The van der Waals surface area contributed by atoms with Crippen molar-refractivity contribution in [3.05, 3.63) is 0 Å². The number of rotatable bonds is 6. The third-order valence-electron chi connectivity index (χ3n) is 3.76. The van der Waals surface area contributed by atoms with Gasteiger partial charge in [-0.05, 0) is 25.2 Å². The number of likely N-dealkylation sites (tertiary alicyclic amines) is 1. The van der Waals surface area contributed by atoms with Gasteiger partial charge in [0.15, 0.2) is 0 Å². The van der Waals surface area contributed by atoms with Crippen molar-refractivity contribution in [2.75, 3.05) is 33.8 Å². The van der Waals surface area contributed by atoms with Crippen molar-refractivity contribution in [2.45, 2.75) is 32.1 Å². The molecule has 21 heavy (non-hydrogen) atoms. The minimum absolute atomic E-state index is 0.112. The Bertz CT molecular complexity index is 386. The summed E-state index contributed by atoms with van der Waals surface area (Å²) in [6.07, 6.45) is 2.77. The number of ether oxygens (including phenoxy) is 1. The molecule has 1 atom stereocenters. The van der Waals surface area contributed by atoms with Crippen LogP contribution in [0.3, 0.4) is 0 Å². The molecule has 1 aliphatic heterocycles. The summed E-state index contributed by atoms with van der Waals surface area (Å²) in [5, 5.41) is 8.72. The topological polar surface area (TPSA) is 87.2 Å². The van der Waals surface area contributed by atoms with Crippen molar-refractivity contribution >= 4 is 18.0 Å². The molecular weight excluding hydrogens is 276 g/mol. The van der Waals surface area contributed by atoms with Crippen molar-refractivity contribution in [1.29, 1.82) is 0 Å². The number of piperidine rings is 1. The zero-order chi connectivity index (χ0) is 15.8. The van der Waals surface area contributed by atoms with Crippen LogP contribution in [0.4, 0.5) is 4.79 Å². The molecule has 0 aromatic rings. The van der Waals surface area contributed by atoms with Crippen LogP contribution in [0, 0.1) is 5.92 Å². The predicted molar refractivity (Wildman–Crippen MR) is 75.8 cm³/mol. The number of esters is 1. The van der Waals surface area contributed by atoms with E-state index < -0.39 is 5.97 Å². The minimum atomic E-state index is -0.798. The number of amides is 2. The fourth-order valence-electron chi connectivity index (χ4n) is 2.50. The molecule has 1 saturated heterocycles. The first kappa shape index (κ1) is 17.3. The highest BCUT2D eigenvalue weighted by Crippen LogP contribution is 2.21. The smallest absolute Gasteiger partial charge is 0.319 e. The van der Waals surface area contributed by atoms with Crippen LogP contribution in [0.1, 0.15) is 32.1 Å². The maximum Gasteiger partial charge on any atom is 0.319 e. The minimum Gasteiger partial charge on any atom is -0.481 e. The second kappa shape index (κ2) is 8.49. The van der Waals surface area contributed by atoms with E-state index in [0.717, 1.165) is 12.8 Å². The number of carbonyl (C=O) groups is 3. The standard InChI is InChI=1S/C14H24N2O5/c1-15(9-7-13(19)21-2)14(20)16-8-3-4-11(10-16)5-6-12(17)18/h11H,3-10H2,1-2H3,(H,17,18). The largest absolute Gasteiger partial charge is 0.481 e. The number of hydrogen-bond donors (Lipinski definition) is 1. The van der Waals surface area contributed by atoms with Crippen molar-refractivity contribution in [1.82, 2.24) is 9.80 Å². The summed E-state index contributed by atoms with van der Waals surface area (Å²) in [6, 6.07) is -0.112. The molecule has 1 rings (SSSR count). The lowest BCUT2D eigenvalue weighted by Crippen LogP contribution is -2.46. The van der Waals surface area contributed by atoms with Gasteiger partial charge >= 0.3 is 18.0 Å². The average molecular weight is 300 g/mol. The number of methoxy groups -OCH3 is 1. The van der Waals surface area contributed by atoms with Gasteiger partial charge in [-0.1, -0.05) is 0 Å². The summed E-state index contributed by atoms with van der Waals surface area (Å²) in [5.74, 6) is -0.894. The normalized spacial score (nSPS) is 18.2. The molecular formula is C14H24N2O5. The number of hydrogen-bond acceptors (Lipinski definition) is 4. The van der Waals surface area contributed by atoms with E-state index in [9.17, 15) is 14.4 Å². The molecule has 0 aromatic carbocycles. The number of carboxylic acid groups (broad SMARTS) is 1. The molecule has 0 saturated carbocycles. The summed E-state index contributed by atoms with van der Waals surface area (Å²) in [5.41, 5.74) is 0. The molecule has 0 aliphatic carbocycles. The van der Waals surface area contributed by atoms with E-state index in [4.69, 9.17) is 5.11 Å². The van der Waals surface area contributed by atoms with Crippen molar-refractivity contribution in [3.63, 3.8) is 0 Å². The lowest BCUT2D eigenvalue weighted by Gasteiger charge is -2.35. The van der Waals surface area contributed by atoms with Crippen LogP contribution in [0.25, 0.3) is 0 Å². The predicted octanol–water partition coefficient (Wildman–Crippen LogP) is 1.18. The molecule has 1 fully saturated rings. The van der Waals surface area contributed by atoms with Gasteiger partial charge in [-0.25, -0.2) is 4.79 Å². The summed E-state index contributed by atoms with van der Waals surface area (Å²) in [4.78, 5) is 37.2. The molecule has 2 amide bonds. The number of aliphatic carboxylic acids is 1. The van der Waals surface area contributed by atoms with Gasteiger partial charge in [0, 0.05) is 33.1 Å². The summed E-state index contributed by atoms with van der Waals surface area (Å²) >= 11 is 0. The second-order valence-corrected chi connectivity index (χ2v) is 5.42. The number of nitrogens with zero attached hydrogens (tertiary/aromatic N) is 2. The highest BCUT2D eigenvalue weighted by molar-refractivity contribution is 5.75. The van der Waals surface area contributed by atoms with E-state index in [1.807, 2.05) is 0 Å². The first-order chi connectivity index (χ1) is 9.93. The van der Waals surface area contributed by atoms with Crippen molar-refractivity contribution < 1.29 is 24.2 Å². The summed E-state index contributed by atoms with van der Waals surface area (Å²) in [7, 11) is 2.98. The van der Waals surface area contributed by atoms with Crippen LogP contribution in [0.15, 0.2) is 0 Å². The van der Waals surface area contributed by atoms with Gasteiger partial charge in [-0.2, -0.15) is 0 Å². The molecule has 1 N–H and O–H groups in total. The third kappa shape index (κ3) is 6.01. The number of carboxylic acids is 1. The van der Waals surface area contributed by atoms with E-state index in [1.165, 1.54) is 12.0 Å². The van der Waals surface area contributed by atoms with Crippen LogP contribution in [0.5, 0.6) is 0 Å². The van der Waals surface area contributed by atoms with E-state index in [0.29, 0.717) is 26.1 Å². The fraction of sp³-hybridized carbons (Fsp3) is 0.786. The van der Waals surface area contributed by atoms with Crippen molar-refractivity contribution in [3.8, 4) is 0 Å². The third-order valence-corrected chi connectivity index (χ3v) is 3.76. The van der Waals surface area contributed by atoms with Crippen LogP contribution in [-0.2, 0) is 14.3 Å². The quantitative estimate of drug-likeness (QED) is 0.744. The van der Waals surface area contributed by atoms with Crippen molar-refractivity contribution in [2.24, 2.45) is 5.92 Å².